The third-order valence-electron chi connectivity index (χ3n) is 4.00. The van der Waals surface area contributed by atoms with Crippen LogP contribution >= 0.6 is 0 Å². The molecule has 1 aromatic rings. The van der Waals surface area contributed by atoms with Crippen LogP contribution in [0.2, 0.25) is 0 Å². The van der Waals surface area contributed by atoms with E-state index in [0.29, 0.717) is 6.54 Å². The number of ether oxygens (including phenoxy) is 1. The minimum atomic E-state index is -0.510. The summed E-state index contributed by atoms with van der Waals surface area (Å²) in [6.07, 6.45) is -0.297. The summed E-state index contributed by atoms with van der Waals surface area (Å²) in [5.74, 6) is 0. The molecule has 128 valence electrons. The fourth-order valence-corrected chi connectivity index (χ4v) is 2.71. The van der Waals surface area contributed by atoms with E-state index in [-0.39, 0.29) is 17.0 Å². The largest absolute Gasteiger partial charge is 0.443 e. The lowest BCUT2D eigenvalue weighted by molar-refractivity contribution is 0.0546. The minimum absolute atomic E-state index is 0.0699. The molecule has 0 radical (unpaired) electrons. The summed E-state index contributed by atoms with van der Waals surface area (Å²) in [6.45, 7) is 17.0. The third kappa shape index (κ3) is 3.80. The third-order valence-corrected chi connectivity index (χ3v) is 4.00. The standard InChI is InChI=1S/C19H30N2O2/c1-17(2,3)13-9-10-15-14(11-13)20-12-19(7,8)21(15)16(22)23-18(4,5)6/h9-11,20H,12H2,1-8H3. The number of anilines is 2. The maximum absolute atomic E-state index is 12.7. The Morgan fingerprint density at radius 3 is 2.30 bits per heavy atom. The average Bonchev–Trinajstić information content (AvgIpc) is 2.33. The van der Waals surface area contributed by atoms with Gasteiger partial charge in [0.25, 0.3) is 0 Å². The number of carbonyl (C=O) groups is 1. The fraction of sp³-hybridized carbons (Fsp3) is 0.632. The van der Waals surface area contributed by atoms with Crippen LogP contribution in [0.1, 0.15) is 61.0 Å². The van der Waals surface area contributed by atoms with Crippen molar-refractivity contribution in [3.63, 3.8) is 0 Å². The van der Waals surface area contributed by atoms with Crippen molar-refractivity contribution in [2.45, 2.75) is 71.9 Å². The number of hydrogen-bond donors (Lipinski definition) is 1. The Morgan fingerprint density at radius 2 is 1.78 bits per heavy atom. The van der Waals surface area contributed by atoms with E-state index in [1.54, 1.807) is 4.90 Å². The van der Waals surface area contributed by atoms with Crippen LogP contribution in [0.4, 0.5) is 16.2 Å². The van der Waals surface area contributed by atoms with E-state index in [4.69, 9.17) is 4.74 Å². The zero-order chi connectivity index (χ0) is 17.6. The Bertz CT molecular complexity index is 607. The molecule has 0 fully saturated rings. The number of amides is 1. The molecule has 0 atom stereocenters. The van der Waals surface area contributed by atoms with Crippen LogP contribution in [0.25, 0.3) is 0 Å². The van der Waals surface area contributed by atoms with Crippen LogP contribution in [0.15, 0.2) is 18.2 Å². The van der Waals surface area contributed by atoms with Crippen molar-refractivity contribution in [1.82, 2.24) is 0 Å². The topological polar surface area (TPSA) is 41.6 Å². The molecule has 23 heavy (non-hydrogen) atoms. The lowest BCUT2D eigenvalue weighted by Gasteiger charge is -2.44. The number of nitrogens with zero attached hydrogens (tertiary/aromatic N) is 1. The number of hydrogen-bond acceptors (Lipinski definition) is 3. The first-order valence-corrected chi connectivity index (χ1v) is 8.23. The highest BCUT2D eigenvalue weighted by Gasteiger charge is 2.39. The monoisotopic (exact) mass is 318 g/mol. The van der Waals surface area contributed by atoms with Gasteiger partial charge in [-0.3, -0.25) is 4.90 Å². The lowest BCUT2D eigenvalue weighted by atomic mass is 9.86. The molecule has 1 aliphatic rings. The summed E-state index contributed by atoms with van der Waals surface area (Å²) >= 11 is 0. The Balaban J connectivity index is 2.45. The molecule has 2 rings (SSSR count). The van der Waals surface area contributed by atoms with Crippen LogP contribution in [0.3, 0.4) is 0 Å². The number of nitrogens with one attached hydrogen (secondary N) is 1. The van der Waals surface area contributed by atoms with Gasteiger partial charge >= 0.3 is 6.09 Å². The molecular weight excluding hydrogens is 288 g/mol. The maximum atomic E-state index is 12.7. The van der Waals surface area contributed by atoms with Crippen molar-refractivity contribution < 1.29 is 9.53 Å². The molecule has 1 aromatic carbocycles. The van der Waals surface area contributed by atoms with E-state index in [9.17, 15) is 4.79 Å². The molecule has 0 bridgehead atoms. The summed E-state index contributed by atoms with van der Waals surface area (Å²) in [4.78, 5) is 14.5. The van der Waals surface area contributed by atoms with Crippen molar-refractivity contribution in [3.05, 3.63) is 23.8 Å². The van der Waals surface area contributed by atoms with Crippen LogP contribution < -0.4 is 10.2 Å². The van der Waals surface area contributed by atoms with Crippen LogP contribution in [-0.4, -0.2) is 23.8 Å². The summed E-state index contributed by atoms with van der Waals surface area (Å²) in [5.41, 5.74) is 2.32. The van der Waals surface area contributed by atoms with Crippen LogP contribution in [-0.2, 0) is 10.2 Å². The van der Waals surface area contributed by atoms with E-state index in [1.165, 1.54) is 5.56 Å². The molecule has 0 unspecified atom stereocenters. The molecular formula is C19H30N2O2. The molecule has 0 spiro atoms. The molecule has 4 heteroatoms. The van der Waals surface area contributed by atoms with Gasteiger partial charge in [-0.25, -0.2) is 4.79 Å². The van der Waals surface area contributed by atoms with Crippen molar-refractivity contribution in [2.75, 3.05) is 16.8 Å². The average molecular weight is 318 g/mol. The summed E-state index contributed by atoms with van der Waals surface area (Å²) in [5, 5.41) is 3.46. The van der Waals surface area contributed by atoms with Gasteiger partial charge < -0.3 is 10.1 Å². The second-order valence-corrected chi connectivity index (χ2v) is 8.96. The molecule has 1 aliphatic heterocycles. The van der Waals surface area contributed by atoms with Gasteiger partial charge in [-0.05, 0) is 57.7 Å². The Labute approximate surface area is 140 Å². The van der Waals surface area contributed by atoms with Gasteiger partial charge in [-0.1, -0.05) is 26.8 Å². The SMILES string of the molecule is CC(C)(C)OC(=O)N1c2ccc(C(C)(C)C)cc2NCC1(C)C. The van der Waals surface area contributed by atoms with Crippen molar-refractivity contribution >= 4 is 17.5 Å². The van der Waals surface area contributed by atoms with Gasteiger partial charge in [0.2, 0.25) is 0 Å². The normalized spacial score (nSPS) is 17.3. The highest BCUT2D eigenvalue weighted by molar-refractivity contribution is 5.95. The molecule has 0 aromatic heterocycles. The van der Waals surface area contributed by atoms with Gasteiger partial charge in [0.15, 0.2) is 0 Å². The zero-order valence-corrected chi connectivity index (χ0v) is 15.7. The first kappa shape index (κ1) is 17.6. The zero-order valence-electron chi connectivity index (χ0n) is 15.7. The van der Waals surface area contributed by atoms with Gasteiger partial charge in [-0.15, -0.1) is 0 Å². The van der Waals surface area contributed by atoms with Crippen molar-refractivity contribution in [1.29, 1.82) is 0 Å². The Hall–Kier alpha value is -1.71. The summed E-state index contributed by atoms with van der Waals surface area (Å²) < 4.78 is 5.63. The van der Waals surface area contributed by atoms with Gasteiger partial charge in [0.05, 0.1) is 16.9 Å². The van der Waals surface area contributed by atoms with E-state index in [1.807, 2.05) is 40.7 Å². The second kappa shape index (κ2) is 5.43. The molecule has 1 heterocycles. The molecule has 4 nitrogen and oxygen atoms in total. The number of benzene rings is 1. The number of rotatable bonds is 0. The first-order valence-electron chi connectivity index (χ1n) is 8.23. The van der Waals surface area contributed by atoms with Gasteiger partial charge in [-0.2, -0.15) is 0 Å². The van der Waals surface area contributed by atoms with Crippen LogP contribution in [0.5, 0.6) is 0 Å². The second-order valence-electron chi connectivity index (χ2n) is 8.96. The van der Waals surface area contributed by atoms with E-state index in [2.05, 4.69) is 38.2 Å². The highest BCUT2D eigenvalue weighted by atomic mass is 16.6. The quantitative estimate of drug-likeness (QED) is 0.737. The minimum Gasteiger partial charge on any atom is -0.443 e. The summed E-state index contributed by atoms with van der Waals surface area (Å²) in [7, 11) is 0. The fourth-order valence-electron chi connectivity index (χ4n) is 2.71. The molecule has 0 saturated heterocycles. The lowest BCUT2D eigenvalue weighted by Crippen LogP contribution is -2.56. The van der Waals surface area contributed by atoms with Gasteiger partial charge in [0.1, 0.15) is 5.60 Å². The predicted molar refractivity (Wildman–Crippen MR) is 96.4 cm³/mol. The summed E-state index contributed by atoms with van der Waals surface area (Å²) in [6, 6.07) is 6.26. The van der Waals surface area contributed by atoms with E-state index < -0.39 is 5.60 Å². The van der Waals surface area contributed by atoms with Crippen molar-refractivity contribution in [2.24, 2.45) is 0 Å². The number of carbonyl (C=O) groups excluding carboxylic acids is 1. The molecule has 1 amide bonds. The Morgan fingerprint density at radius 1 is 1.17 bits per heavy atom. The molecule has 0 aliphatic carbocycles. The molecule has 0 saturated carbocycles. The van der Waals surface area contributed by atoms with Crippen LogP contribution in [0, 0.1) is 0 Å². The first-order chi connectivity index (χ1) is 10.3. The van der Waals surface area contributed by atoms with Gasteiger partial charge in [0, 0.05) is 6.54 Å². The predicted octanol–water partition coefficient (Wildman–Crippen LogP) is 4.93. The Kier molecular flexibility index (Phi) is 4.16. The smallest absolute Gasteiger partial charge is 0.415 e. The highest BCUT2D eigenvalue weighted by Crippen LogP contribution is 2.39. The van der Waals surface area contributed by atoms with E-state index >= 15 is 0 Å². The molecule has 1 N–H and O–H groups in total. The number of fused-ring (bicyclic) bond motifs is 1. The van der Waals surface area contributed by atoms with E-state index in [0.717, 1.165) is 11.4 Å². The maximum Gasteiger partial charge on any atom is 0.415 e. The van der Waals surface area contributed by atoms with Crippen molar-refractivity contribution in [3.8, 4) is 0 Å².